The summed E-state index contributed by atoms with van der Waals surface area (Å²) < 4.78 is -0.894. The number of benzene rings is 2. The average Bonchev–Trinajstić information content (AvgIpc) is 3.11. The number of carbonyl (C=O) groups excluding carboxylic acids is 1. The van der Waals surface area contributed by atoms with E-state index < -0.39 is 9.75 Å². The van der Waals surface area contributed by atoms with Gasteiger partial charge in [-0.05, 0) is 24.1 Å². The summed E-state index contributed by atoms with van der Waals surface area (Å²) in [6, 6.07) is 18.6. The van der Waals surface area contributed by atoms with Crippen LogP contribution in [0.2, 0.25) is 0 Å². The van der Waals surface area contributed by atoms with Crippen molar-refractivity contribution in [2.45, 2.75) is 16.2 Å². The van der Waals surface area contributed by atoms with Crippen LogP contribution in [0.5, 0.6) is 0 Å². The maximum Gasteiger partial charge on any atom is 0.271 e. The van der Waals surface area contributed by atoms with Gasteiger partial charge in [0.1, 0.15) is 4.33 Å². The number of amides is 1. The highest BCUT2D eigenvalue weighted by molar-refractivity contribution is 6.53. The monoisotopic (exact) mass is 332 g/mol. The number of hydrazone groups is 1. The zero-order valence-corrected chi connectivity index (χ0v) is 13.2. The van der Waals surface area contributed by atoms with E-state index in [1.807, 2.05) is 36.4 Å². The van der Waals surface area contributed by atoms with Gasteiger partial charge in [0.15, 0.2) is 0 Å². The van der Waals surface area contributed by atoms with E-state index >= 15 is 0 Å². The van der Waals surface area contributed by atoms with E-state index in [0.29, 0.717) is 12.0 Å². The minimum Gasteiger partial charge on any atom is -0.267 e. The molecule has 2 aromatic rings. The van der Waals surface area contributed by atoms with Gasteiger partial charge in [0.25, 0.3) is 5.91 Å². The molecule has 0 saturated heterocycles. The molecule has 3 nitrogen and oxygen atoms in total. The molecule has 1 unspecified atom stereocenters. The Kier molecular flexibility index (Phi) is 3.94. The molecule has 1 N–H and O–H groups in total. The zero-order valence-electron chi connectivity index (χ0n) is 11.7. The summed E-state index contributed by atoms with van der Waals surface area (Å²) in [5.41, 5.74) is 3.49. The lowest BCUT2D eigenvalue weighted by Crippen LogP contribution is -2.22. The molecule has 1 atom stereocenters. The first-order valence-electron chi connectivity index (χ1n) is 6.88. The smallest absolute Gasteiger partial charge is 0.267 e. The van der Waals surface area contributed by atoms with E-state index in [4.69, 9.17) is 23.2 Å². The second-order valence-corrected chi connectivity index (χ2v) is 6.77. The Labute approximate surface area is 138 Å². The Morgan fingerprint density at radius 1 is 1.05 bits per heavy atom. The minimum absolute atomic E-state index is 0.268. The standard InChI is InChI=1S/C17H14Cl2N2O/c18-17(19)11-16(17,14-9-5-2-6-10-14)12-20-21-15(22)13-7-3-1-4-8-13/h1-10,12H,11H2,(H,21,22). The van der Waals surface area contributed by atoms with Crippen LogP contribution in [0.1, 0.15) is 22.3 Å². The Balaban J connectivity index is 1.75. The molecule has 0 radical (unpaired) electrons. The molecule has 1 saturated carbocycles. The highest BCUT2D eigenvalue weighted by Gasteiger charge is 2.66. The van der Waals surface area contributed by atoms with Gasteiger partial charge in [0.05, 0.1) is 5.41 Å². The van der Waals surface area contributed by atoms with E-state index in [9.17, 15) is 4.79 Å². The van der Waals surface area contributed by atoms with Gasteiger partial charge in [0.2, 0.25) is 0 Å². The number of alkyl halides is 2. The zero-order chi connectivity index (χ0) is 15.6. The fraction of sp³-hybridized carbons (Fsp3) is 0.176. The summed E-state index contributed by atoms with van der Waals surface area (Å²) in [6.45, 7) is 0. The van der Waals surface area contributed by atoms with Crippen LogP contribution in [-0.2, 0) is 5.41 Å². The third kappa shape index (κ3) is 2.74. The van der Waals surface area contributed by atoms with Gasteiger partial charge in [-0.2, -0.15) is 5.10 Å². The van der Waals surface area contributed by atoms with Crippen molar-refractivity contribution in [1.29, 1.82) is 0 Å². The van der Waals surface area contributed by atoms with Gasteiger partial charge < -0.3 is 0 Å². The molecule has 0 aliphatic heterocycles. The maximum atomic E-state index is 12.0. The molecule has 2 aromatic carbocycles. The normalized spacial score (nSPS) is 22.5. The average molecular weight is 333 g/mol. The molecule has 0 bridgehead atoms. The number of carbonyl (C=O) groups is 1. The van der Waals surface area contributed by atoms with E-state index in [2.05, 4.69) is 10.5 Å². The van der Waals surface area contributed by atoms with Crippen LogP contribution < -0.4 is 5.43 Å². The molecular weight excluding hydrogens is 319 g/mol. The van der Waals surface area contributed by atoms with E-state index in [1.165, 1.54) is 0 Å². The van der Waals surface area contributed by atoms with E-state index in [0.717, 1.165) is 5.56 Å². The summed E-state index contributed by atoms with van der Waals surface area (Å²) in [4.78, 5) is 12.0. The fourth-order valence-electron chi connectivity index (χ4n) is 2.42. The lowest BCUT2D eigenvalue weighted by atomic mass is 9.97. The summed E-state index contributed by atoms with van der Waals surface area (Å²) in [5, 5.41) is 4.06. The van der Waals surface area contributed by atoms with Crippen LogP contribution in [0.25, 0.3) is 0 Å². The Hall–Kier alpha value is -1.84. The molecule has 22 heavy (non-hydrogen) atoms. The molecule has 1 aliphatic carbocycles. The molecule has 1 fully saturated rings. The molecule has 3 rings (SSSR count). The number of halogens is 2. The predicted octanol–water partition coefficient (Wildman–Crippen LogP) is 3.92. The van der Waals surface area contributed by atoms with Crippen molar-refractivity contribution in [3.8, 4) is 0 Å². The summed E-state index contributed by atoms with van der Waals surface area (Å²) in [7, 11) is 0. The van der Waals surface area contributed by atoms with E-state index in [1.54, 1.807) is 30.5 Å². The first-order chi connectivity index (χ1) is 10.6. The lowest BCUT2D eigenvalue weighted by Gasteiger charge is -2.13. The molecule has 1 aliphatic rings. The van der Waals surface area contributed by atoms with Gasteiger partial charge in [-0.25, -0.2) is 5.43 Å². The molecule has 5 heteroatoms. The number of hydrogen-bond acceptors (Lipinski definition) is 2. The van der Waals surface area contributed by atoms with Crippen molar-refractivity contribution >= 4 is 35.3 Å². The quantitative estimate of drug-likeness (QED) is 0.514. The first-order valence-corrected chi connectivity index (χ1v) is 7.64. The summed E-state index contributed by atoms with van der Waals surface area (Å²) in [5.74, 6) is -0.268. The second kappa shape index (κ2) is 5.75. The van der Waals surface area contributed by atoms with Crippen LogP contribution >= 0.6 is 23.2 Å². The molecule has 0 spiro atoms. The van der Waals surface area contributed by atoms with Gasteiger partial charge in [-0.1, -0.05) is 48.5 Å². The van der Waals surface area contributed by atoms with Gasteiger partial charge in [-0.3, -0.25) is 4.79 Å². The van der Waals surface area contributed by atoms with Crippen LogP contribution in [0.3, 0.4) is 0 Å². The number of hydrogen-bond donors (Lipinski definition) is 1. The predicted molar refractivity (Wildman–Crippen MR) is 89.6 cm³/mol. The van der Waals surface area contributed by atoms with Crippen molar-refractivity contribution in [2.24, 2.45) is 5.10 Å². The molecule has 112 valence electrons. The third-order valence-electron chi connectivity index (χ3n) is 3.80. The van der Waals surface area contributed by atoms with Gasteiger partial charge >= 0.3 is 0 Å². The highest BCUT2D eigenvalue weighted by atomic mass is 35.5. The second-order valence-electron chi connectivity index (χ2n) is 5.28. The number of nitrogens with zero attached hydrogens (tertiary/aromatic N) is 1. The van der Waals surface area contributed by atoms with Crippen LogP contribution in [0, 0.1) is 0 Å². The van der Waals surface area contributed by atoms with Crippen molar-refractivity contribution in [1.82, 2.24) is 5.43 Å². The summed E-state index contributed by atoms with van der Waals surface area (Å²) in [6.07, 6.45) is 2.20. The van der Waals surface area contributed by atoms with Crippen molar-refractivity contribution in [3.63, 3.8) is 0 Å². The molecule has 0 aromatic heterocycles. The highest BCUT2D eigenvalue weighted by Crippen LogP contribution is 2.63. The Morgan fingerprint density at radius 2 is 1.59 bits per heavy atom. The largest absolute Gasteiger partial charge is 0.271 e. The molecule has 1 amide bonds. The Morgan fingerprint density at radius 3 is 2.14 bits per heavy atom. The first kappa shape index (κ1) is 15.1. The van der Waals surface area contributed by atoms with Crippen molar-refractivity contribution < 1.29 is 4.79 Å². The van der Waals surface area contributed by atoms with E-state index in [-0.39, 0.29) is 5.91 Å². The lowest BCUT2D eigenvalue weighted by molar-refractivity contribution is 0.0955. The van der Waals surface area contributed by atoms with Crippen molar-refractivity contribution in [3.05, 3.63) is 71.8 Å². The molecular formula is C17H14Cl2N2O. The SMILES string of the molecule is O=C(NN=CC1(c2ccccc2)CC1(Cl)Cl)c1ccccc1. The Bertz CT molecular complexity index is 701. The maximum absolute atomic E-state index is 12.0. The van der Waals surface area contributed by atoms with Crippen molar-refractivity contribution in [2.75, 3.05) is 0 Å². The fourth-order valence-corrected chi connectivity index (χ4v) is 3.16. The summed E-state index contributed by atoms with van der Waals surface area (Å²) >= 11 is 12.6. The minimum atomic E-state index is -0.894. The third-order valence-corrected chi connectivity index (χ3v) is 4.75. The van der Waals surface area contributed by atoms with Crippen LogP contribution in [0.15, 0.2) is 65.8 Å². The molecule has 0 heterocycles. The van der Waals surface area contributed by atoms with Crippen LogP contribution in [0.4, 0.5) is 0 Å². The van der Waals surface area contributed by atoms with Gasteiger partial charge in [0, 0.05) is 11.8 Å². The number of rotatable bonds is 4. The topological polar surface area (TPSA) is 41.5 Å². The van der Waals surface area contributed by atoms with Gasteiger partial charge in [-0.15, -0.1) is 23.2 Å². The number of nitrogens with one attached hydrogen (secondary N) is 1. The van der Waals surface area contributed by atoms with Crippen LogP contribution in [-0.4, -0.2) is 16.5 Å².